The lowest BCUT2D eigenvalue weighted by Crippen LogP contribution is -2.42. The molecular weight excluding hydrogens is 168 g/mol. The summed E-state index contributed by atoms with van der Waals surface area (Å²) in [7, 11) is 0. The molecule has 4 nitrogen and oxygen atoms in total. The van der Waals surface area contributed by atoms with Gasteiger partial charge in [0.2, 0.25) is 5.91 Å². The summed E-state index contributed by atoms with van der Waals surface area (Å²) in [6.07, 6.45) is 1.98. The summed E-state index contributed by atoms with van der Waals surface area (Å²) in [5, 5.41) is 9.23. The summed E-state index contributed by atoms with van der Waals surface area (Å²) < 4.78 is 0. The van der Waals surface area contributed by atoms with E-state index in [1.54, 1.807) is 4.90 Å². The van der Waals surface area contributed by atoms with Crippen molar-refractivity contribution in [3.8, 4) is 0 Å². The van der Waals surface area contributed by atoms with Gasteiger partial charge in [0.15, 0.2) is 0 Å². The Morgan fingerprint density at radius 3 is 2.92 bits per heavy atom. The number of aliphatic hydroxyl groups is 1. The number of nitrogens with two attached hydrogens (primary N) is 1. The zero-order valence-corrected chi connectivity index (χ0v) is 8.07. The van der Waals surface area contributed by atoms with E-state index in [2.05, 4.69) is 0 Å². The summed E-state index contributed by atoms with van der Waals surface area (Å²) in [4.78, 5) is 13.2. The van der Waals surface area contributed by atoms with Crippen LogP contribution in [0.1, 0.15) is 26.2 Å². The third kappa shape index (κ3) is 2.67. The van der Waals surface area contributed by atoms with E-state index in [1.165, 1.54) is 0 Å². The first-order chi connectivity index (χ1) is 6.15. The minimum atomic E-state index is -0.379. The van der Waals surface area contributed by atoms with Crippen LogP contribution in [0.15, 0.2) is 0 Å². The Labute approximate surface area is 78.7 Å². The number of likely N-dealkylation sites (tertiary alicyclic amines) is 1. The second-order valence-corrected chi connectivity index (χ2v) is 3.62. The van der Waals surface area contributed by atoms with Gasteiger partial charge in [-0.25, -0.2) is 0 Å². The Kier molecular flexibility index (Phi) is 3.69. The molecule has 1 heterocycles. The molecule has 76 valence electrons. The van der Waals surface area contributed by atoms with Crippen molar-refractivity contribution in [2.45, 2.75) is 38.3 Å². The smallest absolute Gasteiger partial charge is 0.239 e. The number of rotatable bonds is 3. The quantitative estimate of drug-likeness (QED) is 0.636. The predicted octanol–water partition coefficient (Wildman–Crippen LogP) is -0.293. The van der Waals surface area contributed by atoms with Crippen LogP contribution in [-0.4, -0.2) is 41.1 Å². The zero-order chi connectivity index (χ0) is 9.84. The van der Waals surface area contributed by atoms with Crippen LogP contribution >= 0.6 is 0 Å². The Hall–Kier alpha value is -0.610. The fraction of sp³-hybridized carbons (Fsp3) is 0.889. The molecular formula is C9H18N2O2. The van der Waals surface area contributed by atoms with E-state index in [9.17, 15) is 9.90 Å². The van der Waals surface area contributed by atoms with Crippen LogP contribution in [0.3, 0.4) is 0 Å². The first kappa shape index (κ1) is 10.5. The minimum Gasteiger partial charge on any atom is -0.391 e. The molecule has 2 atom stereocenters. The van der Waals surface area contributed by atoms with Crippen molar-refractivity contribution in [1.29, 1.82) is 0 Å². The van der Waals surface area contributed by atoms with Gasteiger partial charge in [-0.1, -0.05) is 13.3 Å². The normalized spacial score (nSPS) is 24.8. The molecule has 0 bridgehead atoms. The van der Waals surface area contributed by atoms with Crippen LogP contribution in [0, 0.1) is 0 Å². The highest BCUT2D eigenvalue weighted by Crippen LogP contribution is 2.10. The van der Waals surface area contributed by atoms with Gasteiger partial charge in [0, 0.05) is 13.1 Å². The number of carbonyl (C=O) groups is 1. The molecule has 0 aromatic heterocycles. The maximum Gasteiger partial charge on any atom is 0.239 e. The average Bonchev–Trinajstić information content (AvgIpc) is 2.51. The van der Waals surface area contributed by atoms with Gasteiger partial charge in [0.25, 0.3) is 0 Å². The molecule has 1 aliphatic rings. The van der Waals surface area contributed by atoms with Crippen LogP contribution in [0.5, 0.6) is 0 Å². The molecule has 0 spiro atoms. The van der Waals surface area contributed by atoms with E-state index in [1.807, 2.05) is 6.92 Å². The summed E-state index contributed by atoms with van der Waals surface area (Å²) in [6, 6.07) is -0.379. The molecule has 1 fully saturated rings. The Balaban J connectivity index is 2.38. The van der Waals surface area contributed by atoms with Crippen molar-refractivity contribution >= 4 is 5.91 Å². The molecule has 1 rings (SSSR count). The highest BCUT2D eigenvalue weighted by atomic mass is 16.3. The van der Waals surface area contributed by atoms with E-state index >= 15 is 0 Å². The fourth-order valence-corrected chi connectivity index (χ4v) is 1.61. The van der Waals surface area contributed by atoms with Gasteiger partial charge in [-0.3, -0.25) is 4.79 Å². The SMILES string of the molecule is CCC[C@@H](N)C(=O)N1CCC(O)C1. The van der Waals surface area contributed by atoms with Gasteiger partial charge in [0.05, 0.1) is 12.1 Å². The first-order valence-corrected chi connectivity index (χ1v) is 4.87. The highest BCUT2D eigenvalue weighted by Gasteiger charge is 2.27. The monoisotopic (exact) mass is 186 g/mol. The van der Waals surface area contributed by atoms with Crippen molar-refractivity contribution in [2.75, 3.05) is 13.1 Å². The number of nitrogens with zero attached hydrogens (tertiary/aromatic N) is 1. The largest absolute Gasteiger partial charge is 0.391 e. The molecule has 4 heteroatoms. The van der Waals surface area contributed by atoms with E-state index in [0.29, 0.717) is 19.5 Å². The van der Waals surface area contributed by atoms with Gasteiger partial charge < -0.3 is 15.7 Å². The molecule has 3 N–H and O–H groups in total. The van der Waals surface area contributed by atoms with Gasteiger partial charge in [-0.05, 0) is 12.8 Å². The van der Waals surface area contributed by atoms with Gasteiger partial charge in [0.1, 0.15) is 0 Å². The van der Waals surface area contributed by atoms with Gasteiger partial charge in [-0.15, -0.1) is 0 Å². The number of hydrogen-bond acceptors (Lipinski definition) is 3. The van der Waals surface area contributed by atoms with Crippen LogP contribution in [-0.2, 0) is 4.79 Å². The molecule has 1 aliphatic heterocycles. The predicted molar refractivity (Wildman–Crippen MR) is 50.1 cm³/mol. The number of hydrogen-bond donors (Lipinski definition) is 2. The van der Waals surface area contributed by atoms with Crippen molar-refractivity contribution in [3.05, 3.63) is 0 Å². The lowest BCUT2D eigenvalue weighted by Gasteiger charge is -2.19. The summed E-state index contributed by atoms with van der Waals surface area (Å²) in [6.45, 7) is 3.11. The fourth-order valence-electron chi connectivity index (χ4n) is 1.61. The van der Waals surface area contributed by atoms with Crippen molar-refractivity contribution in [3.63, 3.8) is 0 Å². The van der Waals surface area contributed by atoms with Gasteiger partial charge in [-0.2, -0.15) is 0 Å². The minimum absolute atomic E-state index is 0.0154. The molecule has 1 unspecified atom stereocenters. The van der Waals surface area contributed by atoms with Crippen LogP contribution in [0.2, 0.25) is 0 Å². The maximum absolute atomic E-state index is 11.6. The maximum atomic E-state index is 11.6. The van der Waals surface area contributed by atoms with E-state index < -0.39 is 0 Å². The van der Waals surface area contributed by atoms with Crippen molar-refractivity contribution in [2.24, 2.45) is 5.73 Å². The number of aliphatic hydroxyl groups excluding tert-OH is 1. The van der Waals surface area contributed by atoms with Crippen LogP contribution in [0.25, 0.3) is 0 Å². The summed E-state index contributed by atoms with van der Waals surface area (Å²) in [5.41, 5.74) is 5.68. The van der Waals surface area contributed by atoms with E-state index in [-0.39, 0.29) is 18.1 Å². The molecule has 0 aliphatic carbocycles. The molecule has 0 saturated carbocycles. The second-order valence-electron chi connectivity index (χ2n) is 3.62. The lowest BCUT2D eigenvalue weighted by molar-refractivity contribution is -0.132. The third-order valence-electron chi connectivity index (χ3n) is 2.39. The van der Waals surface area contributed by atoms with Crippen LogP contribution in [0.4, 0.5) is 0 Å². The first-order valence-electron chi connectivity index (χ1n) is 4.87. The zero-order valence-electron chi connectivity index (χ0n) is 8.07. The molecule has 1 amide bonds. The van der Waals surface area contributed by atoms with Crippen LogP contribution < -0.4 is 5.73 Å². The summed E-state index contributed by atoms with van der Waals surface area (Å²) in [5.74, 6) is -0.0154. The standard InChI is InChI=1S/C9H18N2O2/c1-2-3-8(10)9(13)11-5-4-7(12)6-11/h7-8,12H,2-6,10H2,1H3/t7?,8-/m1/s1. The number of carbonyl (C=O) groups excluding carboxylic acids is 1. The second kappa shape index (κ2) is 4.58. The van der Waals surface area contributed by atoms with Gasteiger partial charge >= 0.3 is 0 Å². The topological polar surface area (TPSA) is 66.6 Å². The third-order valence-corrected chi connectivity index (χ3v) is 2.39. The Morgan fingerprint density at radius 2 is 2.46 bits per heavy atom. The summed E-state index contributed by atoms with van der Waals surface area (Å²) >= 11 is 0. The average molecular weight is 186 g/mol. The highest BCUT2D eigenvalue weighted by molar-refractivity contribution is 5.81. The van der Waals surface area contributed by atoms with E-state index in [4.69, 9.17) is 5.73 Å². The molecule has 0 aromatic rings. The Morgan fingerprint density at radius 1 is 1.77 bits per heavy atom. The van der Waals surface area contributed by atoms with E-state index in [0.717, 1.165) is 12.8 Å². The lowest BCUT2D eigenvalue weighted by atomic mass is 10.1. The van der Waals surface area contributed by atoms with Crippen molar-refractivity contribution < 1.29 is 9.90 Å². The number of β-amino-alcohol motifs (C(OH)–C–C–N with tert-alkyl or cyclic N) is 1. The molecule has 0 radical (unpaired) electrons. The Bertz CT molecular complexity index is 184. The molecule has 1 saturated heterocycles. The molecule has 0 aromatic carbocycles. The molecule has 13 heavy (non-hydrogen) atoms. The number of amides is 1. The van der Waals surface area contributed by atoms with Crippen molar-refractivity contribution in [1.82, 2.24) is 4.90 Å².